The van der Waals surface area contributed by atoms with Crippen LogP contribution in [0.15, 0.2) is 24.3 Å². The summed E-state index contributed by atoms with van der Waals surface area (Å²) in [6.45, 7) is 2.37. The fourth-order valence-corrected chi connectivity index (χ4v) is 9.81. The molecule has 5 nitrogen and oxygen atoms in total. The number of hydrogen-bond donors (Lipinski definition) is 0. The normalized spacial score (nSPS) is 47.9. The van der Waals surface area contributed by atoms with Crippen LogP contribution in [0.4, 0.5) is 5.69 Å². The number of amides is 2. The topological polar surface area (TPSA) is 57.7 Å². The summed E-state index contributed by atoms with van der Waals surface area (Å²) >= 11 is 0. The Bertz CT molecular complexity index is 1050. The number of ketones is 1. The van der Waals surface area contributed by atoms with Crippen LogP contribution >= 0.6 is 0 Å². The number of carbonyl (C=O) groups is 3. The lowest BCUT2D eigenvalue weighted by Gasteiger charge is -2.70. The van der Waals surface area contributed by atoms with Gasteiger partial charge in [0.1, 0.15) is 5.78 Å². The molecule has 0 radical (unpaired) electrons. The highest BCUT2D eigenvalue weighted by Gasteiger charge is 2.96. The van der Waals surface area contributed by atoms with Gasteiger partial charge in [-0.3, -0.25) is 14.4 Å². The van der Waals surface area contributed by atoms with E-state index in [0.29, 0.717) is 48.3 Å². The van der Waals surface area contributed by atoms with Gasteiger partial charge in [0, 0.05) is 49.5 Å². The van der Waals surface area contributed by atoms with Crippen LogP contribution in [0.25, 0.3) is 0 Å². The second kappa shape index (κ2) is 5.00. The van der Waals surface area contributed by atoms with Crippen LogP contribution in [-0.4, -0.2) is 42.1 Å². The summed E-state index contributed by atoms with van der Waals surface area (Å²) in [5.74, 6) is 4.19. The molecule has 2 aliphatic heterocycles. The molecule has 30 heavy (non-hydrogen) atoms. The first-order valence-electron chi connectivity index (χ1n) is 11.9. The molecular weight excluding hydrogens is 376 g/mol. The number of Topliss-reactive ketones (excluding diaryl/α,β-unsaturated/α-hetero) is 1. The van der Waals surface area contributed by atoms with E-state index in [2.05, 4.69) is 18.2 Å². The summed E-state index contributed by atoms with van der Waals surface area (Å²) in [6.07, 6.45) is 3.77. The van der Waals surface area contributed by atoms with Crippen molar-refractivity contribution in [2.75, 3.05) is 24.5 Å². The van der Waals surface area contributed by atoms with E-state index in [-0.39, 0.29) is 35.0 Å². The molecule has 0 spiro atoms. The van der Waals surface area contributed by atoms with Crippen molar-refractivity contribution in [3.8, 4) is 0 Å². The lowest BCUT2D eigenvalue weighted by atomic mass is 9.31. The van der Waals surface area contributed by atoms with E-state index in [1.54, 1.807) is 0 Å². The van der Waals surface area contributed by atoms with Gasteiger partial charge in [0.25, 0.3) is 0 Å². The molecule has 1 aromatic rings. The molecule has 0 aromatic heterocycles. The third-order valence-corrected chi connectivity index (χ3v) is 10.5. The summed E-state index contributed by atoms with van der Waals surface area (Å²) in [6, 6.07) is 8.33. The molecule has 7 fully saturated rings. The second-order valence-corrected chi connectivity index (χ2v) is 11.0. The Hall–Kier alpha value is -2.17. The molecule has 6 saturated carbocycles. The van der Waals surface area contributed by atoms with E-state index in [4.69, 9.17) is 0 Å². The number of likely N-dealkylation sites (tertiary alicyclic amines) is 1. The maximum absolute atomic E-state index is 14.1. The van der Waals surface area contributed by atoms with Crippen molar-refractivity contribution in [1.29, 1.82) is 0 Å². The Kier molecular flexibility index (Phi) is 2.75. The van der Waals surface area contributed by atoms with Crippen LogP contribution in [0, 0.1) is 46.8 Å². The summed E-state index contributed by atoms with van der Waals surface area (Å²) in [5, 5.41) is 0. The van der Waals surface area contributed by atoms with Crippen molar-refractivity contribution in [2.45, 2.75) is 31.6 Å². The first-order chi connectivity index (χ1) is 14.6. The smallest absolute Gasteiger partial charge is 0.234 e. The van der Waals surface area contributed by atoms with Crippen LogP contribution in [0.5, 0.6) is 0 Å². The fraction of sp³-hybridized carbons (Fsp3) is 0.640. The molecule has 4 bridgehead atoms. The molecular formula is C25H26N2O3. The van der Waals surface area contributed by atoms with Crippen molar-refractivity contribution in [2.24, 2.45) is 46.8 Å². The van der Waals surface area contributed by atoms with Crippen molar-refractivity contribution >= 4 is 23.3 Å². The van der Waals surface area contributed by atoms with Gasteiger partial charge < -0.3 is 9.80 Å². The highest BCUT2D eigenvalue weighted by atomic mass is 16.2. The lowest BCUT2D eigenvalue weighted by molar-refractivity contribution is -0.246. The molecule has 6 aliphatic carbocycles. The second-order valence-electron chi connectivity index (χ2n) is 11.0. The predicted octanol–water partition coefficient (Wildman–Crippen LogP) is 2.46. The zero-order valence-electron chi connectivity index (χ0n) is 17.0. The standard InChI is InChI=1S/C25H26N2O3/c28-17-6-3-8-26(17)9-7-12-11-27(16-5-2-1-4-13(12)16)24(30)25-20-15-10-14-18(20)22(25)23(29)19(14)21(15)25/h1-2,4-5,12,14-15,18-22H,3,6-11H2. The molecule has 1 saturated heterocycles. The van der Waals surface area contributed by atoms with Gasteiger partial charge in [-0.1, -0.05) is 18.2 Å². The number of para-hydroxylation sites is 1. The van der Waals surface area contributed by atoms with Crippen LogP contribution in [-0.2, 0) is 14.4 Å². The van der Waals surface area contributed by atoms with Crippen molar-refractivity contribution in [3.63, 3.8) is 0 Å². The van der Waals surface area contributed by atoms with Crippen LogP contribution < -0.4 is 4.90 Å². The molecule has 2 heterocycles. The van der Waals surface area contributed by atoms with Gasteiger partial charge in [-0.2, -0.15) is 0 Å². The fourth-order valence-electron chi connectivity index (χ4n) is 9.81. The van der Waals surface area contributed by atoms with E-state index in [9.17, 15) is 14.4 Å². The number of nitrogens with zero attached hydrogens (tertiary/aromatic N) is 2. The van der Waals surface area contributed by atoms with Gasteiger partial charge in [0.2, 0.25) is 11.8 Å². The van der Waals surface area contributed by atoms with Gasteiger partial charge >= 0.3 is 0 Å². The van der Waals surface area contributed by atoms with E-state index in [1.807, 2.05) is 15.9 Å². The third-order valence-electron chi connectivity index (χ3n) is 10.5. The molecule has 154 valence electrons. The zero-order chi connectivity index (χ0) is 19.9. The van der Waals surface area contributed by atoms with Gasteiger partial charge in [-0.05, 0) is 60.5 Å². The molecule has 9 atom stereocenters. The molecule has 0 N–H and O–H groups in total. The molecule has 5 heteroatoms. The van der Waals surface area contributed by atoms with Crippen LogP contribution in [0.3, 0.4) is 0 Å². The number of hydrogen-bond acceptors (Lipinski definition) is 3. The highest BCUT2D eigenvalue weighted by Crippen LogP contribution is 2.93. The van der Waals surface area contributed by atoms with Crippen molar-refractivity contribution < 1.29 is 14.4 Å². The van der Waals surface area contributed by atoms with Gasteiger partial charge in [0.15, 0.2) is 0 Å². The third kappa shape index (κ3) is 1.48. The number of rotatable bonds is 4. The minimum Gasteiger partial charge on any atom is -0.343 e. The summed E-state index contributed by atoms with van der Waals surface area (Å²) in [4.78, 5) is 43.1. The molecule has 9 rings (SSSR count). The molecule has 1 aromatic carbocycles. The van der Waals surface area contributed by atoms with Crippen molar-refractivity contribution in [3.05, 3.63) is 29.8 Å². The van der Waals surface area contributed by atoms with Gasteiger partial charge in [0.05, 0.1) is 5.41 Å². The largest absolute Gasteiger partial charge is 0.343 e. The molecule has 8 aliphatic rings. The average Bonchev–Trinajstić information content (AvgIpc) is 3.49. The molecule has 2 amide bonds. The lowest BCUT2D eigenvalue weighted by Crippen LogP contribution is -2.75. The van der Waals surface area contributed by atoms with Crippen molar-refractivity contribution in [1.82, 2.24) is 4.90 Å². The number of anilines is 1. The summed E-state index contributed by atoms with van der Waals surface area (Å²) < 4.78 is 0. The first-order valence-corrected chi connectivity index (χ1v) is 11.9. The Morgan fingerprint density at radius 3 is 2.80 bits per heavy atom. The minimum atomic E-state index is -0.336. The highest BCUT2D eigenvalue weighted by molar-refractivity contribution is 6.10. The maximum Gasteiger partial charge on any atom is 0.234 e. The average molecular weight is 402 g/mol. The van der Waals surface area contributed by atoms with Gasteiger partial charge in [-0.15, -0.1) is 0 Å². The van der Waals surface area contributed by atoms with E-state index < -0.39 is 0 Å². The first kappa shape index (κ1) is 16.5. The number of fused-ring (bicyclic) bond motifs is 1. The Morgan fingerprint density at radius 1 is 1.13 bits per heavy atom. The zero-order valence-corrected chi connectivity index (χ0v) is 17.0. The van der Waals surface area contributed by atoms with E-state index >= 15 is 0 Å². The Labute approximate surface area is 175 Å². The Morgan fingerprint density at radius 2 is 2.00 bits per heavy atom. The quantitative estimate of drug-likeness (QED) is 0.777. The SMILES string of the molecule is O=C1C2C3CC4C2C2(C(=O)N5CC(CCN6CCCC6=O)c6ccccc65)C1C3C42. The minimum absolute atomic E-state index is 0.0437. The Balaban J connectivity index is 1.10. The maximum atomic E-state index is 14.1. The summed E-state index contributed by atoms with van der Waals surface area (Å²) in [5.41, 5.74) is 1.97. The van der Waals surface area contributed by atoms with Gasteiger partial charge in [-0.25, -0.2) is 0 Å². The van der Waals surface area contributed by atoms with Crippen LogP contribution in [0.1, 0.15) is 37.2 Å². The van der Waals surface area contributed by atoms with E-state index in [0.717, 1.165) is 31.6 Å². The summed E-state index contributed by atoms with van der Waals surface area (Å²) in [7, 11) is 0. The monoisotopic (exact) mass is 402 g/mol. The number of benzene rings is 1. The molecule has 9 unspecified atom stereocenters. The van der Waals surface area contributed by atoms with E-state index in [1.165, 1.54) is 12.0 Å². The number of carbonyl (C=O) groups excluding carboxylic acids is 3. The van der Waals surface area contributed by atoms with Crippen LogP contribution in [0.2, 0.25) is 0 Å². The predicted molar refractivity (Wildman–Crippen MR) is 108 cm³/mol.